The molecule has 0 aliphatic carbocycles. The number of nitriles is 1. The molecule has 0 bridgehead atoms. The highest BCUT2D eigenvalue weighted by molar-refractivity contribution is 6.31. The van der Waals surface area contributed by atoms with Crippen molar-refractivity contribution in [3.05, 3.63) is 58.3 Å². The minimum Gasteiger partial charge on any atom is -0.478 e. The molecule has 0 atom stereocenters. The third-order valence-electron chi connectivity index (χ3n) is 3.46. The second kappa shape index (κ2) is 7.19. The Bertz CT molecular complexity index is 1090. The maximum absolute atomic E-state index is 13.5. The van der Waals surface area contributed by atoms with Crippen LogP contribution in [0.2, 0.25) is 5.02 Å². The number of nitrogens with zero attached hydrogens (tertiary/aromatic N) is 4. The Morgan fingerprint density at radius 1 is 1.30 bits per heavy atom. The van der Waals surface area contributed by atoms with Gasteiger partial charge in [0, 0.05) is 0 Å². The molecule has 0 aliphatic heterocycles. The molecule has 0 unspecified atom stereocenters. The lowest BCUT2D eigenvalue weighted by Crippen LogP contribution is -2.17. The van der Waals surface area contributed by atoms with E-state index in [9.17, 15) is 14.0 Å². The van der Waals surface area contributed by atoms with Gasteiger partial charge in [0.1, 0.15) is 17.6 Å². The Kier molecular flexibility index (Phi) is 4.78. The first-order valence-corrected chi connectivity index (χ1v) is 7.59. The predicted molar refractivity (Wildman–Crippen MR) is 90.7 cm³/mol. The highest BCUT2D eigenvalue weighted by atomic mass is 35.5. The first kappa shape index (κ1) is 18.0. The number of halogens is 2. The van der Waals surface area contributed by atoms with Gasteiger partial charge in [-0.05, 0) is 24.3 Å². The maximum Gasteiger partial charge on any atom is 0.337 e. The predicted octanol–water partition coefficient (Wildman–Crippen LogP) is 2.48. The quantitative estimate of drug-likeness (QED) is 0.624. The molecule has 0 aliphatic rings. The van der Waals surface area contributed by atoms with E-state index in [0.29, 0.717) is 17.3 Å². The van der Waals surface area contributed by atoms with E-state index in [1.165, 1.54) is 18.3 Å². The summed E-state index contributed by atoms with van der Waals surface area (Å²) < 4.78 is 13.5. The number of benzene rings is 1. The summed E-state index contributed by atoms with van der Waals surface area (Å²) in [5, 5.41) is 33.9. The summed E-state index contributed by atoms with van der Waals surface area (Å²) >= 11 is 5.64. The summed E-state index contributed by atoms with van der Waals surface area (Å²) in [7, 11) is 0. The van der Waals surface area contributed by atoms with Crippen molar-refractivity contribution in [3.63, 3.8) is 0 Å². The fourth-order valence-corrected chi connectivity index (χ4v) is 2.34. The van der Waals surface area contributed by atoms with E-state index in [4.69, 9.17) is 22.0 Å². The van der Waals surface area contributed by atoms with E-state index in [1.54, 1.807) is 0 Å². The number of hydrogen-bond donors (Lipinski definition) is 3. The molecule has 27 heavy (non-hydrogen) atoms. The first-order chi connectivity index (χ1) is 12.9. The van der Waals surface area contributed by atoms with Crippen LogP contribution in [-0.2, 0) is 0 Å². The van der Waals surface area contributed by atoms with Gasteiger partial charge in [0.2, 0.25) is 0 Å². The molecule has 0 saturated carbocycles. The molecule has 134 valence electrons. The van der Waals surface area contributed by atoms with Crippen LogP contribution in [0, 0.1) is 17.1 Å². The Morgan fingerprint density at radius 2 is 2.07 bits per heavy atom. The van der Waals surface area contributed by atoms with Gasteiger partial charge < -0.3 is 10.4 Å². The number of anilines is 1. The molecule has 2 heterocycles. The number of carboxylic acid groups (broad SMARTS) is 1. The van der Waals surface area contributed by atoms with Gasteiger partial charge in [-0.15, -0.1) is 10.2 Å². The lowest BCUT2D eigenvalue weighted by molar-refractivity contribution is 0.0697. The SMILES string of the molecule is N#Cc1[nH]ncc1-c1ccc(C(=O)Nc2cc(Cl)c(F)cc2C(=O)O)nn1. The summed E-state index contributed by atoms with van der Waals surface area (Å²) in [6, 6.07) is 6.38. The van der Waals surface area contributed by atoms with Crippen LogP contribution in [0.25, 0.3) is 11.3 Å². The average molecular weight is 387 g/mol. The lowest BCUT2D eigenvalue weighted by atomic mass is 10.1. The summed E-state index contributed by atoms with van der Waals surface area (Å²) in [5.74, 6) is -3.14. The summed E-state index contributed by atoms with van der Waals surface area (Å²) in [4.78, 5) is 23.5. The van der Waals surface area contributed by atoms with Gasteiger partial charge in [-0.25, -0.2) is 9.18 Å². The molecule has 0 fully saturated rings. The highest BCUT2D eigenvalue weighted by Crippen LogP contribution is 2.25. The van der Waals surface area contributed by atoms with E-state index in [2.05, 4.69) is 25.7 Å². The van der Waals surface area contributed by atoms with Crippen molar-refractivity contribution in [2.45, 2.75) is 0 Å². The number of carboxylic acids is 1. The second-order valence-electron chi connectivity index (χ2n) is 5.15. The Hall–Kier alpha value is -3.84. The van der Waals surface area contributed by atoms with Crippen LogP contribution >= 0.6 is 11.6 Å². The van der Waals surface area contributed by atoms with Crippen LogP contribution in [0.3, 0.4) is 0 Å². The number of rotatable bonds is 4. The monoisotopic (exact) mass is 386 g/mol. The second-order valence-corrected chi connectivity index (χ2v) is 5.55. The standard InChI is InChI=1S/C16H8ClFN6O3/c17-9-4-13(7(16(26)27)3-10(9)18)21-15(25)12-2-1-11(23-24-12)8-6-20-22-14(8)5-19/h1-4,6H,(H,20,22)(H,21,25)(H,26,27). The normalized spacial score (nSPS) is 10.3. The largest absolute Gasteiger partial charge is 0.478 e. The number of aromatic nitrogens is 4. The summed E-state index contributed by atoms with van der Waals surface area (Å²) in [5.41, 5.74) is 0.132. The third kappa shape index (κ3) is 3.58. The zero-order valence-corrected chi connectivity index (χ0v) is 14.0. The average Bonchev–Trinajstić information content (AvgIpc) is 3.13. The maximum atomic E-state index is 13.5. The van der Waals surface area contributed by atoms with Crippen LogP contribution in [0.15, 0.2) is 30.5 Å². The number of carbonyl (C=O) groups is 2. The van der Waals surface area contributed by atoms with Crippen molar-refractivity contribution in [1.29, 1.82) is 5.26 Å². The van der Waals surface area contributed by atoms with Crippen molar-refractivity contribution in [1.82, 2.24) is 20.4 Å². The molecule has 0 spiro atoms. The molecule has 0 saturated heterocycles. The van der Waals surface area contributed by atoms with Crippen molar-refractivity contribution in [2.24, 2.45) is 0 Å². The van der Waals surface area contributed by atoms with Crippen molar-refractivity contribution in [2.75, 3.05) is 5.32 Å². The fourth-order valence-electron chi connectivity index (χ4n) is 2.18. The summed E-state index contributed by atoms with van der Waals surface area (Å²) in [6.45, 7) is 0. The zero-order chi connectivity index (χ0) is 19.6. The first-order valence-electron chi connectivity index (χ1n) is 7.22. The van der Waals surface area contributed by atoms with Crippen LogP contribution < -0.4 is 5.32 Å². The van der Waals surface area contributed by atoms with Gasteiger partial charge in [0.05, 0.1) is 33.7 Å². The molecule has 3 aromatic rings. The molecule has 3 rings (SSSR count). The molecular weight excluding hydrogens is 379 g/mol. The Balaban J connectivity index is 1.87. The smallest absolute Gasteiger partial charge is 0.337 e. The number of aromatic carboxylic acids is 1. The van der Waals surface area contributed by atoms with Gasteiger partial charge in [-0.3, -0.25) is 9.89 Å². The van der Waals surface area contributed by atoms with Crippen LogP contribution in [-0.4, -0.2) is 37.4 Å². The van der Waals surface area contributed by atoms with Crippen LogP contribution in [0.5, 0.6) is 0 Å². The lowest BCUT2D eigenvalue weighted by Gasteiger charge is -2.09. The molecular formula is C16H8ClFN6O3. The van der Waals surface area contributed by atoms with Gasteiger partial charge in [-0.2, -0.15) is 10.4 Å². The number of hydrogen-bond acceptors (Lipinski definition) is 6. The fraction of sp³-hybridized carbons (Fsp3) is 0. The van der Waals surface area contributed by atoms with E-state index >= 15 is 0 Å². The Morgan fingerprint density at radius 3 is 2.70 bits per heavy atom. The molecule has 11 heteroatoms. The molecule has 0 radical (unpaired) electrons. The topological polar surface area (TPSA) is 145 Å². The van der Waals surface area contributed by atoms with E-state index in [1.807, 2.05) is 6.07 Å². The van der Waals surface area contributed by atoms with Crippen LogP contribution in [0.4, 0.5) is 10.1 Å². The van der Waals surface area contributed by atoms with E-state index < -0.39 is 23.3 Å². The van der Waals surface area contributed by atoms with Gasteiger partial charge >= 0.3 is 5.97 Å². The number of carbonyl (C=O) groups excluding carboxylic acids is 1. The summed E-state index contributed by atoms with van der Waals surface area (Å²) in [6.07, 6.45) is 1.39. The minimum absolute atomic E-state index is 0.127. The number of aromatic amines is 1. The number of nitrogens with one attached hydrogen (secondary N) is 2. The Labute approximate surface area is 155 Å². The molecule has 1 aromatic carbocycles. The molecule has 3 N–H and O–H groups in total. The van der Waals surface area contributed by atoms with E-state index in [0.717, 1.165) is 6.07 Å². The van der Waals surface area contributed by atoms with Crippen molar-refractivity contribution >= 4 is 29.2 Å². The number of H-pyrrole nitrogens is 1. The van der Waals surface area contributed by atoms with Gasteiger partial charge in [0.25, 0.3) is 5.91 Å². The number of amides is 1. The zero-order valence-electron chi connectivity index (χ0n) is 13.2. The minimum atomic E-state index is -1.44. The molecule has 9 nitrogen and oxygen atoms in total. The van der Waals surface area contributed by atoms with Crippen molar-refractivity contribution in [3.8, 4) is 17.3 Å². The van der Waals surface area contributed by atoms with Crippen molar-refractivity contribution < 1.29 is 19.1 Å². The van der Waals surface area contributed by atoms with Gasteiger partial charge in [-0.1, -0.05) is 11.6 Å². The van der Waals surface area contributed by atoms with Gasteiger partial charge in [0.15, 0.2) is 5.69 Å². The van der Waals surface area contributed by atoms with E-state index in [-0.39, 0.29) is 22.1 Å². The van der Waals surface area contributed by atoms with Crippen LogP contribution in [0.1, 0.15) is 26.5 Å². The third-order valence-corrected chi connectivity index (χ3v) is 3.75. The highest BCUT2D eigenvalue weighted by Gasteiger charge is 2.18. The molecule has 1 amide bonds. The molecule has 2 aromatic heterocycles.